The lowest BCUT2D eigenvalue weighted by molar-refractivity contribution is -0.174. The Bertz CT molecular complexity index is 817. The summed E-state index contributed by atoms with van der Waals surface area (Å²) in [7, 11) is 0. The molecule has 0 unspecified atom stereocenters. The van der Waals surface area contributed by atoms with Gasteiger partial charge in [0.2, 0.25) is 5.88 Å². The number of nitrogens with zero attached hydrogens (tertiary/aromatic N) is 3. The molecule has 136 valence electrons. The van der Waals surface area contributed by atoms with Gasteiger partial charge < -0.3 is 14.4 Å². The van der Waals surface area contributed by atoms with Gasteiger partial charge in [0.1, 0.15) is 11.7 Å². The first kappa shape index (κ1) is 17.0. The van der Waals surface area contributed by atoms with Crippen molar-refractivity contribution in [2.24, 2.45) is 0 Å². The lowest BCUT2D eigenvalue weighted by Crippen LogP contribution is -2.67. The molecule has 2 aromatic rings. The Labute approximate surface area is 153 Å². The second-order valence-corrected chi connectivity index (χ2v) is 7.29. The Balaban J connectivity index is 1.37. The highest BCUT2D eigenvalue weighted by atomic mass is 16.5. The van der Waals surface area contributed by atoms with Crippen molar-refractivity contribution < 1.29 is 14.3 Å². The Kier molecular flexibility index (Phi) is 4.36. The van der Waals surface area contributed by atoms with E-state index < -0.39 is 0 Å². The van der Waals surface area contributed by atoms with Crippen molar-refractivity contribution in [3.8, 4) is 5.88 Å². The number of carbonyl (C=O) groups excluding carboxylic acids is 1. The molecule has 0 aliphatic carbocycles. The van der Waals surface area contributed by atoms with Gasteiger partial charge in [-0.2, -0.15) is 0 Å². The minimum Gasteiger partial charge on any atom is -0.473 e. The smallest absolute Gasteiger partial charge is 0.254 e. The van der Waals surface area contributed by atoms with E-state index in [4.69, 9.17) is 9.47 Å². The van der Waals surface area contributed by atoms with Crippen LogP contribution >= 0.6 is 0 Å². The SMILES string of the molecule is Cc1cccc(C(=O)N2CC3(C[C@@H](Oc4cncc(C)n4)CCO3)C2)c1. The number of rotatable bonds is 3. The molecule has 2 saturated heterocycles. The molecule has 6 nitrogen and oxygen atoms in total. The van der Waals surface area contributed by atoms with E-state index in [1.165, 1.54) is 0 Å². The highest BCUT2D eigenvalue weighted by Crippen LogP contribution is 2.36. The number of likely N-dealkylation sites (tertiary alicyclic amines) is 1. The number of hydrogen-bond donors (Lipinski definition) is 0. The van der Waals surface area contributed by atoms with E-state index >= 15 is 0 Å². The summed E-state index contributed by atoms with van der Waals surface area (Å²) >= 11 is 0. The van der Waals surface area contributed by atoms with Gasteiger partial charge in [-0.1, -0.05) is 17.7 Å². The first-order valence-electron chi connectivity index (χ1n) is 8.98. The molecule has 0 radical (unpaired) electrons. The van der Waals surface area contributed by atoms with Crippen molar-refractivity contribution in [3.63, 3.8) is 0 Å². The van der Waals surface area contributed by atoms with Gasteiger partial charge >= 0.3 is 0 Å². The quantitative estimate of drug-likeness (QED) is 0.848. The molecular formula is C20H23N3O3. The van der Waals surface area contributed by atoms with Crippen molar-refractivity contribution in [2.45, 2.75) is 38.4 Å². The Morgan fingerprint density at radius 1 is 1.31 bits per heavy atom. The number of carbonyl (C=O) groups is 1. The van der Waals surface area contributed by atoms with Crippen LogP contribution in [0.3, 0.4) is 0 Å². The molecule has 1 spiro atoms. The van der Waals surface area contributed by atoms with Gasteiger partial charge in [0.05, 0.1) is 31.6 Å². The van der Waals surface area contributed by atoms with Gasteiger partial charge in [-0.05, 0) is 26.0 Å². The third-order valence-corrected chi connectivity index (χ3v) is 4.98. The number of aryl methyl sites for hydroxylation is 2. The number of amides is 1. The van der Waals surface area contributed by atoms with Crippen molar-refractivity contribution in [1.82, 2.24) is 14.9 Å². The van der Waals surface area contributed by atoms with Crippen LogP contribution in [0.1, 0.15) is 34.5 Å². The summed E-state index contributed by atoms with van der Waals surface area (Å²) in [5.74, 6) is 0.620. The van der Waals surface area contributed by atoms with Crippen LogP contribution in [0.5, 0.6) is 5.88 Å². The maximum absolute atomic E-state index is 12.6. The number of aromatic nitrogens is 2. The summed E-state index contributed by atoms with van der Waals surface area (Å²) < 4.78 is 12.0. The lowest BCUT2D eigenvalue weighted by Gasteiger charge is -2.52. The fraction of sp³-hybridized carbons (Fsp3) is 0.450. The summed E-state index contributed by atoms with van der Waals surface area (Å²) in [6.45, 7) is 5.75. The van der Waals surface area contributed by atoms with Crippen molar-refractivity contribution >= 4 is 5.91 Å². The van der Waals surface area contributed by atoms with Crippen molar-refractivity contribution in [2.75, 3.05) is 19.7 Å². The molecule has 0 N–H and O–H groups in total. The fourth-order valence-corrected chi connectivity index (χ4v) is 3.73. The highest BCUT2D eigenvalue weighted by Gasteiger charge is 2.50. The van der Waals surface area contributed by atoms with Crippen LogP contribution in [0.2, 0.25) is 0 Å². The van der Waals surface area contributed by atoms with E-state index in [0.717, 1.165) is 29.7 Å². The Hall–Kier alpha value is -2.47. The standard InChI is InChI=1S/C20H23N3O3/c1-14-4-3-5-16(8-14)19(24)23-12-20(13-23)9-17(6-7-25-20)26-18-11-21-10-15(2)22-18/h3-5,8,10-11,17H,6-7,9,12-13H2,1-2H3/t17-/m0/s1. The topological polar surface area (TPSA) is 64.6 Å². The average molecular weight is 353 g/mol. The number of hydrogen-bond acceptors (Lipinski definition) is 5. The molecule has 3 heterocycles. The summed E-state index contributed by atoms with van der Waals surface area (Å²) in [4.78, 5) is 23.0. The van der Waals surface area contributed by atoms with E-state index in [2.05, 4.69) is 9.97 Å². The average Bonchev–Trinajstić information content (AvgIpc) is 2.59. The summed E-state index contributed by atoms with van der Waals surface area (Å²) in [6.07, 6.45) is 4.97. The fourth-order valence-electron chi connectivity index (χ4n) is 3.73. The molecule has 26 heavy (non-hydrogen) atoms. The molecule has 2 fully saturated rings. The van der Waals surface area contributed by atoms with E-state index in [9.17, 15) is 4.79 Å². The largest absolute Gasteiger partial charge is 0.473 e. The molecule has 4 rings (SSSR count). The third-order valence-electron chi connectivity index (χ3n) is 4.98. The molecule has 0 saturated carbocycles. The van der Waals surface area contributed by atoms with Gasteiger partial charge in [0.25, 0.3) is 5.91 Å². The number of ether oxygens (including phenoxy) is 2. The second-order valence-electron chi connectivity index (χ2n) is 7.29. The monoisotopic (exact) mass is 353 g/mol. The second kappa shape index (κ2) is 6.68. The zero-order valence-corrected chi connectivity index (χ0v) is 15.1. The van der Waals surface area contributed by atoms with Gasteiger partial charge in [-0.25, -0.2) is 4.98 Å². The molecular weight excluding hydrogens is 330 g/mol. The summed E-state index contributed by atoms with van der Waals surface area (Å²) in [5.41, 5.74) is 2.37. The summed E-state index contributed by atoms with van der Waals surface area (Å²) in [5, 5.41) is 0. The van der Waals surface area contributed by atoms with E-state index in [1.807, 2.05) is 43.0 Å². The predicted octanol–water partition coefficient (Wildman–Crippen LogP) is 2.55. The number of benzene rings is 1. The van der Waals surface area contributed by atoms with Gasteiger partial charge in [0.15, 0.2) is 0 Å². The maximum atomic E-state index is 12.6. The molecule has 1 amide bonds. The first-order valence-corrected chi connectivity index (χ1v) is 8.98. The molecule has 1 aromatic heterocycles. The van der Waals surface area contributed by atoms with Crippen LogP contribution in [0.25, 0.3) is 0 Å². The molecule has 1 atom stereocenters. The normalized spacial score (nSPS) is 21.3. The molecule has 6 heteroatoms. The molecule has 1 aromatic carbocycles. The van der Waals surface area contributed by atoms with Crippen LogP contribution in [0.4, 0.5) is 0 Å². The van der Waals surface area contributed by atoms with Gasteiger partial charge in [0, 0.05) is 24.6 Å². The van der Waals surface area contributed by atoms with Crippen LogP contribution in [-0.4, -0.2) is 52.2 Å². The summed E-state index contributed by atoms with van der Waals surface area (Å²) in [6, 6.07) is 7.71. The van der Waals surface area contributed by atoms with Crippen molar-refractivity contribution in [1.29, 1.82) is 0 Å². The molecule has 0 bridgehead atoms. The molecule has 2 aliphatic heterocycles. The maximum Gasteiger partial charge on any atom is 0.254 e. The highest BCUT2D eigenvalue weighted by molar-refractivity contribution is 5.95. The van der Waals surface area contributed by atoms with Crippen LogP contribution in [0, 0.1) is 13.8 Å². The van der Waals surface area contributed by atoms with Gasteiger partial charge in [-0.15, -0.1) is 0 Å². The minimum absolute atomic E-state index is 0.0380. The van der Waals surface area contributed by atoms with Crippen molar-refractivity contribution in [3.05, 3.63) is 53.5 Å². The third kappa shape index (κ3) is 3.42. The van der Waals surface area contributed by atoms with Gasteiger partial charge in [-0.3, -0.25) is 9.78 Å². The van der Waals surface area contributed by atoms with Crippen LogP contribution in [-0.2, 0) is 4.74 Å². The lowest BCUT2D eigenvalue weighted by atomic mass is 9.84. The Morgan fingerprint density at radius 2 is 2.15 bits per heavy atom. The van der Waals surface area contributed by atoms with E-state index in [-0.39, 0.29) is 17.6 Å². The zero-order valence-electron chi connectivity index (χ0n) is 15.1. The van der Waals surface area contributed by atoms with E-state index in [0.29, 0.717) is 25.6 Å². The zero-order chi connectivity index (χ0) is 18.1. The van der Waals surface area contributed by atoms with Crippen LogP contribution in [0.15, 0.2) is 36.7 Å². The Morgan fingerprint density at radius 3 is 2.92 bits per heavy atom. The molecule has 2 aliphatic rings. The predicted molar refractivity (Wildman–Crippen MR) is 96.2 cm³/mol. The van der Waals surface area contributed by atoms with E-state index in [1.54, 1.807) is 12.4 Å². The van der Waals surface area contributed by atoms with Crippen LogP contribution < -0.4 is 4.74 Å². The first-order chi connectivity index (χ1) is 12.5. The minimum atomic E-state index is -0.292.